The van der Waals surface area contributed by atoms with Gasteiger partial charge < -0.3 is 5.01 Å². The van der Waals surface area contributed by atoms with Gasteiger partial charge in [0.2, 0.25) is 0 Å². The van der Waals surface area contributed by atoms with E-state index in [-0.39, 0.29) is 0 Å². The summed E-state index contributed by atoms with van der Waals surface area (Å²) in [6, 6.07) is 1.21. The fraction of sp³-hybridized carbons (Fsp3) is 0.500. The molecule has 8 heavy (non-hydrogen) atoms. The van der Waals surface area contributed by atoms with E-state index in [1.807, 2.05) is 18.1 Å². The first-order valence-electron chi connectivity index (χ1n) is 2.88. The van der Waals surface area contributed by atoms with E-state index < -0.39 is 0 Å². The molecule has 0 spiro atoms. The van der Waals surface area contributed by atoms with Gasteiger partial charge in [0.15, 0.2) is 0 Å². The number of rotatable bonds is 1. The third-order valence-corrected chi connectivity index (χ3v) is 1.17. The molecule has 1 rings (SSSR count). The lowest BCUT2D eigenvalue weighted by molar-refractivity contribution is 0.324. The molecule has 1 aliphatic heterocycles. The minimum Gasteiger partial charge on any atom is -0.315 e. The van der Waals surface area contributed by atoms with Crippen LogP contribution in [0.3, 0.4) is 0 Å². The molecule has 45 valence electrons. The Hall–Kier alpha value is -0.500. The smallest absolute Gasteiger partial charge is 0.0773 e. The van der Waals surface area contributed by atoms with Crippen molar-refractivity contribution < 1.29 is 0 Å². The summed E-state index contributed by atoms with van der Waals surface area (Å²) in [6.07, 6.45) is 4.10. The molecule has 0 saturated heterocycles. The van der Waals surface area contributed by atoms with Crippen molar-refractivity contribution in [3.63, 3.8) is 0 Å². The second-order valence-corrected chi connectivity index (χ2v) is 1.90. The minimum absolute atomic E-state index is 1.02. The Morgan fingerprint density at radius 2 is 2.50 bits per heavy atom. The van der Waals surface area contributed by atoms with Gasteiger partial charge in [0.25, 0.3) is 0 Å². The molecule has 1 heterocycles. The Balaban J connectivity index is 2.34. The van der Waals surface area contributed by atoms with Crippen molar-refractivity contribution in [2.45, 2.75) is 13.8 Å². The monoisotopic (exact) mass is 111 g/mol. The Kier molecular flexibility index (Phi) is 1.53. The predicted octanol–water partition coefficient (Wildman–Crippen LogP) is 0.892. The third kappa shape index (κ3) is 1.01. The summed E-state index contributed by atoms with van der Waals surface area (Å²) in [5.74, 6) is 0. The first-order valence-corrected chi connectivity index (χ1v) is 2.88. The molecule has 0 fully saturated rings. The standard InChI is InChI=1S/C6H11N2/c1-3-8-5-4-6(2)7-8/h4-5,7H,3H2,1-2H3. The molecular formula is C6H11N2. The van der Waals surface area contributed by atoms with E-state index in [9.17, 15) is 0 Å². The highest BCUT2D eigenvalue weighted by Crippen LogP contribution is 2.04. The van der Waals surface area contributed by atoms with Crippen LogP contribution in [0.4, 0.5) is 0 Å². The van der Waals surface area contributed by atoms with Crippen LogP contribution in [0, 0.1) is 6.04 Å². The Bertz CT molecular complexity index is 98.7. The maximum atomic E-state index is 3.14. The second-order valence-electron chi connectivity index (χ2n) is 1.90. The summed E-state index contributed by atoms with van der Waals surface area (Å²) in [6.45, 7) is 5.18. The number of hydrazine groups is 1. The number of hydrogen-bond donors (Lipinski definition) is 1. The number of hydrogen-bond acceptors (Lipinski definition) is 2. The van der Waals surface area contributed by atoms with Crippen LogP contribution in [0.5, 0.6) is 0 Å². The molecule has 0 aromatic heterocycles. The lowest BCUT2D eigenvalue weighted by Crippen LogP contribution is -2.29. The summed E-state index contributed by atoms with van der Waals surface area (Å²) in [5.41, 5.74) is 3.14. The summed E-state index contributed by atoms with van der Waals surface area (Å²) < 4.78 is 0. The van der Waals surface area contributed by atoms with Gasteiger partial charge in [-0.2, -0.15) is 0 Å². The molecule has 0 amide bonds. The molecule has 0 saturated carbocycles. The summed E-state index contributed by atoms with van der Waals surface area (Å²) >= 11 is 0. The minimum atomic E-state index is 1.02. The predicted molar refractivity (Wildman–Crippen MR) is 33.6 cm³/mol. The molecule has 2 heteroatoms. The summed E-state index contributed by atoms with van der Waals surface area (Å²) in [5, 5.41) is 2.04. The van der Waals surface area contributed by atoms with Crippen molar-refractivity contribution in [2.24, 2.45) is 0 Å². The Morgan fingerprint density at radius 1 is 1.75 bits per heavy atom. The maximum Gasteiger partial charge on any atom is 0.0773 e. The van der Waals surface area contributed by atoms with Crippen LogP contribution in [-0.2, 0) is 0 Å². The lowest BCUT2D eigenvalue weighted by Gasteiger charge is -2.13. The van der Waals surface area contributed by atoms with Crippen molar-refractivity contribution in [2.75, 3.05) is 6.54 Å². The van der Waals surface area contributed by atoms with Gasteiger partial charge in [-0.15, -0.1) is 0 Å². The average Bonchev–Trinajstić information content (AvgIpc) is 2.14. The van der Waals surface area contributed by atoms with Gasteiger partial charge in [-0.25, -0.2) is 5.43 Å². The fourth-order valence-corrected chi connectivity index (χ4v) is 0.687. The highest BCUT2D eigenvalue weighted by molar-refractivity contribution is 5.09. The fourth-order valence-electron chi connectivity index (χ4n) is 0.687. The zero-order valence-corrected chi connectivity index (χ0v) is 5.31. The van der Waals surface area contributed by atoms with Gasteiger partial charge in [0.1, 0.15) is 0 Å². The molecule has 1 aliphatic rings. The van der Waals surface area contributed by atoms with Gasteiger partial charge in [-0.3, -0.25) is 0 Å². The van der Waals surface area contributed by atoms with Crippen molar-refractivity contribution in [3.05, 3.63) is 18.3 Å². The van der Waals surface area contributed by atoms with Crippen LogP contribution < -0.4 is 5.43 Å². The van der Waals surface area contributed by atoms with Gasteiger partial charge >= 0.3 is 0 Å². The van der Waals surface area contributed by atoms with Crippen molar-refractivity contribution in [3.8, 4) is 0 Å². The van der Waals surface area contributed by atoms with Crippen LogP contribution in [-0.4, -0.2) is 11.6 Å². The largest absolute Gasteiger partial charge is 0.315 e. The molecule has 1 N–H and O–H groups in total. The van der Waals surface area contributed by atoms with Crippen molar-refractivity contribution in [1.29, 1.82) is 0 Å². The Morgan fingerprint density at radius 3 is 2.75 bits per heavy atom. The Labute approximate surface area is 50.1 Å². The van der Waals surface area contributed by atoms with E-state index in [0.717, 1.165) is 6.54 Å². The van der Waals surface area contributed by atoms with Crippen LogP contribution in [0.2, 0.25) is 0 Å². The highest BCUT2D eigenvalue weighted by atomic mass is 15.5. The normalized spacial score (nSPS) is 20.5. The molecule has 0 aliphatic carbocycles. The van der Waals surface area contributed by atoms with Crippen LogP contribution in [0.15, 0.2) is 12.3 Å². The molecule has 0 aromatic carbocycles. The molecule has 0 unspecified atom stereocenters. The van der Waals surface area contributed by atoms with E-state index in [1.165, 1.54) is 6.04 Å². The van der Waals surface area contributed by atoms with Gasteiger partial charge in [0, 0.05) is 12.7 Å². The number of nitrogens with one attached hydrogen (secondary N) is 1. The van der Waals surface area contributed by atoms with Crippen molar-refractivity contribution in [1.82, 2.24) is 10.4 Å². The van der Waals surface area contributed by atoms with Gasteiger partial charge in [-0.05, 0) is 19.9 Å². The van der Waals surface area contributed by atoms with Gasteiger partial charge in [0.05, 0.1) is 6.04 Å². The third-order valence-electron chi connectivity index (χ3n) is 1.17. The zero-order chi connectivity index (χ0) is 5.98. The lowest BCUT2D eigenvalue weighted by atomic mass is 10.4. The van der Waals surface area contributed by atoms with Crippen LogP contribution in [0.1, 0.15) is 13.8 Å². The quantitative estimate of drug-likeness (QED) is 0.540. The average molecular weight is 111 g/mol. The summed E-state index contributed by atoms with van der Waals surface area (Å²) in [7, 11) is 0. The molecule has 0 bridgehead atoms. The molecule has 0 aromatic rings. The van der Waals surface area contributed by atoms with E-state index in [1.54, 1.807) is 0 Å². The van der Waals surface area contributed by atoms with E-state index >= 15 is 0 Å². The molecule has 0 atom stereocenters. The zero-order valence-electron chi connectivity index (χ0n) is 5.31. The van der Waals surface area contributed by atoms with Crippen LogP contribution >= 0.6 is 0 Å². The van der Waals surface area contributed by atoms with E-state index in [2.05, 4.69) is 18.4 Å². The van der Waals surface area contributed by atoms with Gasteiger partial charge in [-0.1, -0.05) is 0 Å². The molecule has 2 nitrogen and oxygen atoms in total. The van der Waals surface area contributed by atoms with Crippen molar-refractivity contribution >= 4 is 0 Å². The van der Waals surface area contributed by atoms with E-state index in [0.29, 0.717) is 0 Å². The van der Waals surface area contributed by atoms with E-state index in [4.69, 9.17) is 0 Å². The number of nitrogens with zero attached hydrogens (tertiary/aromatic N) is 1. The molecular weight excluding hydrogens is 100 g/mol. The molecule has 1 radical (unpaired) electrons. The second kappa shape index (κ2) is 2.18. The summed E-state index contributed by atoms with van der Waals surface area (Å²) in [4.78, 5) is 0. The highest BCUT2D eigenvalue weighted by Gasteiger charge is 2.06. The first-order chi connectivity index (χ1) is 3.83. The van der Waals surface area contributed by atoms with Crippen LogP contribution in [0.25, 0.3) is 0 Å². The maximum absolute atomic E-state index is 3.14. The topological polar surface area (TPSA) is 15.3 Å². The SMILES string of the molecule is CCN1C=C[C](C)N1. The first kappa shape index (κ1) is 5.63.